The van der Waals surface area contributed by atoms with Crippen LogP contribution in [-0.4, -0.2) is 42.5 Å². The number of fused-ring (bicyclic) bond motifs is 1. The zero-order valence-electron chi connectivity index (χ0n) is 14.1. The third-order valence-corrected chi connectivity index (χ3v) is 3.57. The molecule has 26 heavy (non-hydrogen) atoms. The number of amides is 2. The minimum Gasteiger partial charge on any atom is -0.447 e. The molecule has 0 spiro atoms. The summed E-state index contributed by atoms with van der Waals surface area (Å²) in [5, 5.41) is 13.0. The number of benzene rings is 2. The Hall–Kier alpha value is -3.39. The molecule has 0 aliphatic heterocycles. The van der Waals surface area contributed by atoms with E-state index in [0.29, 0.717) is 23.7 Å². The van der Waals surface area contributed by atoms with Crippen LogP contribution in [0.25, 0.3) is 10.9 Å². The van der Waals surface area contributed by atoms with Crippen LogP contribution in [0.1, 0.15) is 10.5 Å². The number of H-pyrrole nitrogens is 1. The summed E-state index contributed by atoms with van der Waals surface area (Å²) in [6.45, 7) is 0.478. The Morgan fingerprint density at radius 2 is 1.81 bits per heavy atom. The predicted molar refractivity (Wildman–Crippen MR) is 97.3 cm³/mol. The van der Waals surface area contributed by atoms with Gasteiger partial charge in [-0.3, -0.25) is 15.2 Å². The third-order valence-electron chi connectivity index (χ3n) is 3.57. The van der Waals surface area contributed by atoms with Crippen LogP contribution >= 0.6 is 0 Å². The summed E-state index contributed by atoms with van der Waals surface area (Å²) in [6.07, 6.45) is -0.594. The molecule has 0 saturated carbocycles. The number of hydrogen-bond acceptors (Lipinski definition) is 5. The number of nitrogens with zero attached hydrogens (tertiary/aromatic N) is 1. The third kappa shape index (κ3) is 4.17. The molecule has 3 rings (SSSR count). The molecule has 0 aliphatic carbocycles. The second kappa shape index (κ2) is 8.13. The average molecular weight is 354 g/mol. The molecular formula is C18H18N4O4. The van der Waals surface area contributed by atoms with Crippen LogP contribution < -0.4 is 10.6 Å². The van der Waals surface area contributed by atoms with Gasteiger partial charge in [0.2, 0.25) is 0 Å². The van der Waals surface area contributed by atoms with Crippen LogP contribution in [0.15, 0.2) is 48.5 Å². The van der Waals surface area contributed by atoms with E-state index in [0.717, 1.165) is 10.9 Å². The average Bonchev–Trinajstić information content (AvgIpc) is 3.06. The smallest absolute Gasteiger partial charge is 0.411 e. The lowest BCUT2D eigenvalue weighted by molar-refractivity contribution is 0.102. The minimum atomic E-state index is -0.594. The lowest BCUT2D eigenvalue weighted by Gasteiger charge is -2.09. The van der Waals surface area contributed by atoms with Crippen molar-refractivity contribution in [3.63, 3.8) is 0 Å². The summed E-state index contributed by atoms with van der Waals surface area (Å²) >= 11 is 0. The molecule has 8 heteroatoms. The Labute approximate surface area is 149 Å². The molecule has 0 saturated heterocycles. The van der Waals surface area contributed by atoms with E-state index in [1.807, 2.05) is 24.3 Å². The standard InChI is InChI=1S/C18H18N4O4/c1-25-9-10-26-18(24)20-13-6-4-5-12(11-13)19-17(23)16-14-7-2-3-8-15(14)21-22-16/h2-8,11H,9-10H2,1H3,(H,19,23)(H,20,24)(H,21,22). The fraction of sp³-hybridized carbons (Fsp3) is 0.167. The Balaban J connectivity index is 1.66. The highest BCUT2D eigenvalue weighted by molar-refractivity contribution is 6.11. The Bertz CT molecular complexity index is 922. The highest BCUT2D eigenvalue weighted by Crippen LogP contribution is 2.19. The van der Waals surface area contributed by atoms with E-state index in [1.165, 1.54) is 7.11 Å². The number of carbonyl (C=O) groups is 2. The van der Waals surface area contributed by atoms with E-state index in [-0.39, 0.29) is 12.5 Å². The van der Waals surface area contributed by atoms with Gasteiger partial charge in [-0.15, -0.1) is 0 Å². The van der Waals surface area contributed by atoms with Crippen molar-refractivity contribution in [2.45, 2.75) is 0 Å². The summed E-state index contributed by atoms with van der Waals surface area (Å²) in [7, 11) is 1.52. The van der Waals surface area contributed by atoms with Gasteiger partial charge in [-0.05, 0) is 24.3 Å². The number of anilines is 2. The number of methoxy groups -OCH3 is 1. The molecule has 3 aromatic rings. The molecule has 0 atom stereocenters. The van der Waals surface area contributed by atoms with Crippen LogP contribution in [0.4, 0.5) is 16.2 Å². The van der Waals surface area contributed by atoms with Crippen molar-refractivity contribution in [1.82, 2.24) is 10.2 Å². The summed E-state index contributed by atoms with van der Waals surface area (Å²) in [5.41, 5.74) is 2.11. The molecule has 0 unspecified atom stereocenters. The number of aromatic nitrogens is 2. The number of hydrogen-bond donors (Lipinski definition) is 3. The number of para-hydroxylation sites is 1. The predicted octanol–water partition coefficient (Wildman–Crippen LogP) is 3.01. The second-order valence-electron chi connectivity index (χ2n) is 5.41. The summed E-state index contributed by atoms with van der Waals surface area (Å²) < 4.78 is 9.75. The van der Waals surface area contributed by atoms with Crippen LogP contribution in [0, 0.1) is 0 Å². The molecule has 0 bridgehead atoms. The topological polar surface area (TPSA) is 105 Å². The molecule has 3 N–H and O–H groups in total. The summed E-state index contributed by atoms with van der Waals surface area (Å²) in [6, 6.07) is 14.1. The zero-order valence-corrected chi connectivity index (χ0v) is 14.1. The van der Waals surface area contributed by atoms with Gasteiger partial charge in [0.1, 0.15) is 6.61 Å². The van der Waals surface area contributed by atoms with E-state index < -0.39 is 6.09 Å². The highest BCUT2D eigenvalue weighted by atomic mass is 16.6. The van der Waals surface area contributed by atoms with Gasteiger partial charge in [0.15, 0.2) is 5.69 Å². The lowest BCUT2D eigenvalue weighted by atomic mass is 10.2. The van der Waals surface area contributed by atoms with Crippen molar-refractivity contribution in [3.05, 3.63) is 54.2 Å². The van der Waals surface area contributed by atoms with Crippen LogP contribution in [-0.2, 0) is 9.47 Å². The fourth-order valence-corrected chi connectivity index (χ4v) is 2.37. The molecule has 0 radical (unpaired) electrons. The molecule has 0 fully saturated rings. The van der Waals surface area contributed by atoms with Gasteiger partial charge in [0.05, 0.1) is 12.1 Å². The first-order valence-corrected chi connectivity index (χ1v) is 7.94. The lowest BCUT2D eigenvalue weighted by Crippen LogP contribution is -2.17. The maximum absolute atomic E-state index is 12.5. The monoisotopic (exact) mass is 354 g/mol. The number of nitrogens with one attached hydrogen (secondary N) is 3. The number of ether oxygens (including phenoxy) is 2. The van der Waals surface area contributed by atoms with Crippen molar-refractivity contribution in [2.24, 2.45) is 0 Å². The van der Waals surface area contributed by atoms with Crippen molar-refractivity contribution in [3.8, 4) is 0 Å². The molecule has 1 heterocycles. The molecule has 1 aromatic heterocycles. The van der Waals surface area contributed by atoms with Gasteiger partial charge in [0, 0.05) is 23.9 Å². The molecule has 2 aromatic carbocycles. The van der Waals surface area contributed by atoms with E-state index >= 15 is 0 Å². The van der Waals surface area contributed by atoms with Crippen molar-refractivity contribution in [1.29, 1.82) is 0 Å². The maximum atomic E-state index is 12.5. The highest BCUT2D eigenvalue weighted by Gasteiger charge is 2.14. The van der Waals surface area contributed by atoms with E-state index in [9.17, 15) is 9.59 Å². The quantitative estimate of drug-likeness (QED) is 0.590. The van der Waals surface area contributed by atoms with Gasteiger partial charge in [-0.1, -0.05) is 24.3 Å². The van der Waals surface area contributed by atoms with Crippen LogP contribution in [0.3, 0.4) is 0 Å². The van der Waals surface area contributed by atoms with E-state index in [4.69, 9.17) is 9.47 Å². The van der Waals surface area contributed by atoms with Gasteiger partial charge in [-0.2, -0.15) is 5.10 Å². The minimum absolute atomic E-state index is 0.158. The molecule has 0 aliphatic rings. The summed E-state index contributed by atoms with van der Waals surface area (Å²) in [4.78, 5) is 24.1. The van der Waals surface area contributed by atoms with E-state index in [1.54, 1.807) is 24.3 Å². The zero-order chi connectivity index (χ0) is 18.4. The normalized spacial score (nSPS) is 10.5. The van der Waals surface area contributed by atoms with Crippen molar-refractivity contribution in [2.75, 3.05) is 31.0 Å². The number of aromatic amines is 1. The molecular weight excluding hydrogens is 336 g/mol. The van der Waals surface area contributed by atoms with Crippen LogP contribution in [0.2, 0.25) is 0 Å². The van der Waals surface area contributed by atoms with Crippen molar-refractivity contribution < 1.29 is 19.1 Å². The maximum Gasteiger partial charge on any atom is 0.411 e. The van der Waals surface area contributed by atoms with Gasteiger partial charge >= 0.3 is 6.09 Å². The number of rotatable bonds is 6. The van der Waals surface area contributed by atoms with E-state index in [2.05, 4.69) is 20.8 Å². The first kappa shape index (κ1) is 17.4. The van der Waals surface area contributed by atoms with Gasteiger partial charge in [-0.25, -0.2) is 4.79 Å². The molecule has 8 nitrogen and oxygen atoms in total. The van der Waals surface area contributed by atoms with Crippen LogP contribution in [0.5, 0.6) is 0 Å². The Morgan fingerprint density at radius 1 is 1.04 bits per heavy atom. The Morgan fingerprint density at radius 3 is 2.62 bits per heavy atom. The fourth-order valence-electron chi connectivity index (χ4n) is 2.37. The van der Waals surface area contributed by atoms with Gasteiger partial charge < -0.3 is 14.8 Å². The first-order valence-electron chi connectivity index (χ1n) is 7.94. The first-order chi connectivity index (χ1) is 12.7. The SMILES string of the molecule is COCCOC(=O)Nc1cccc(NC(=O)c2n[nH]c3ccccc23)c1. The van der Waals surface area contributed by atoms with Crippen molar-refractivity contribution >= 4 is 34.3 Å². The summed E-state index contributed by atoms with van der Waals surface area (Å²) in [5.74, 6) is -0.345. The second-order valence-corrected chi connectivity index (χ2v) is 5.41. The Kier molecular flexibility index (Phi) is 5.45. The van der Waals surface area contributed by atoms with Gasteiger partial charge in [0.25, 0.3) is 5.91 Å². The largest absolute Gasteiger partial charge is 0.447 e. The number of carbonyl (C=O) groups excluding carboxylic acids is 2. The molecule has 2 amide bonds. The molecule has 134 valence electrons.